The van der Waals surface area contributed by atoms with Gasteiger partial charge in [0.1, 0.15) is 0 Å². The molecule has 2 atom stereocenters. The molecule has 0 saturated carbocycles. The largest absolute Gasteiger partial charge is 0.372 e. The lowest BCUT2D eigenvalue weighted by Crippen LogP contribution is -2.48. The van der Waals surface area contributed by atoms with Crippen LogP contribution in [0.2, 0.25) is 0 Å². The predicted octanol–water partition coefficient (Wildman–Crippen LogP) is 4.23. The van der Waals surface area contributed by atoms with Crippen LogP contribution in [0.4, 0.5) is 0 Å². The van der Waals surface area contributed by atoms with Gasteiger partial charge >= 0.3 is 0 Å². The number of ether oxygens (including phenoxy) is 1. The van der Waals surface area contributed by atoms with Crippen molar-refractivity contribution in [3.63, 3.8) is 0 Å². The molecule has 2 aromatic rings. The molecule has 1 aromatic carbocycles. The zero-order valence-electron chi connectivity index (χ0n) is 14.4. The molecule has 1 fully saturated rings. The summed E-state index contributed by atoms with van der Waals surface area (Å²) in [6.45, 7) is 7.38. The van der Waals surface area contributed by atoms with Gasteiger partial charge in [-0.3, -0.25) is 4.79 Å². The third-order valence-electron chi connectivity index (χ3n) is 4.08. The van der Waals surface area contributed by atoms with Gasteiger partial charge in [-0.2, -0.15) is 0 Å². The first-order valence-corrected chi connectivity index (χ1v) is 9.18. The second-order valence-corrected chi connectivity index (χ2v) is 7.36. The van der Waals surface area contributed by atoms with Crippen molar-refractivity contribution in [2.24, 2.45) is 0 Å². The first-order chi connectivity index (χ1) is 11.5. The zero-order valence-corrected chi connectivity index (χ0v) is 15.2. The Labute approximate surface area is 147 Å². The molecule has 126 valence electrons. The Kier molecular flexibility index (Phi) is 5.17. The van der Waals surface area contributed by atoms with Crippen LogP contribution in [0.3, 0.4) is 0 Å². The highest BCUT2D eigenvalue weighted by Crippen LogP contribution is 2.26. The van der Waals surface area contributed by atoms with Crippen LogP contribution >= 0.6 is 11.3 Å². The quantitative estimate of drug-likeness (QED) is 0.782. The fraction of sp³-hybridized carbons (Fsp3) is 0.350. The van der Waals surface area contributed by atoms with E-state index < -0.39 is 0 Å². The van der Waals surface area contributed by atoms with E-state index in [1.165, 1.54) is 5.56 Å². The number of thiophene rings is 1. The number of benzene rings is 1. The second kappa shape index (κ2) is 7.32. The van der Waals surface area contributed by atoms with Gasteiger partial charge in [-0.15, -0.1) is 11.3 Å². The summed E-state index contributed by atoms with van der Waals surface area (Å²) >= 11 is 1.60. The van der Waals surface area contributed by atoms with Crippen LogP contribution in [0.15, 0.2) is 41.8 Å². The second-order valence-electron chi connectivity index (χ2n) is 6.42. The Morgan fingerprint density at radius 3 is 2.58 bits per heavy atom. The van der Waals surface area contributed by atoms with E-state index in [9.17, 15) is 4.79 Å². The summed E-state index contributed by atoms with van der Waals surface area (Å²) in [5, 5.41) is 2.01. The van der Waals surface area contributed by atoms with Crippen molar-refractivity contribution >= 4 is 28.9 Å². The third-order valence-corrected chi connectivity index (χ3v) is 4.98. The van der Waals surface area contributed by atoms with Crippen LogP contribution in [-0.2, 0) is 9.53 Å². The Morgan fingerprint density at radius 1 is 1.21 bits per heavy atom. The SMILES string of the molecule is Cc1cccc(/C=C(\C(=O)N2C[C@H](C)O[C@@H](C)C2)c2cccs2)c1. The Bertz CT molecular complexity index is 726. The van der Waals surface area contributed by atoms with Crippen molar-refractivity contribution < 1.29 is 9.53 Å². The van der Waals surface area contributed by atoms with Crippen molar-refractivity contribution in [3.8, 4) is 0 Å². The number of aryl methyl sites for hydroxylation is 1. The van der Waals surface area contributed by atoms with Crippen LogP contribution in [0.5, 0.6) is 0 Å². The average Bonchev–Trinajstić information content (AvgIpc) is 3.05. The molecule has 0 unspecified atom stereocenters. The molecule has 3 nitrogen and oxygen atoms in total. The van der Waals surface area contributed by atoms with Crippen molar-refractivity contribution in [1.29, 1.82) is 0 Å². The van der Waals surface area contributed by atoms with Crippen molar-refractivity contribution in [1.82, 2.24) is 4.90 Å². The van der Waals surface area contributed by atoms with E-state index in [0.717, 1.165) is 16.0 Å². The van der Waals surface area contributed by atoms with Gasteiger partial charge in [0, 0.05) is 18.0 Å². The van der Waals surface area contributed by atoms with E-state index in [1.807, 2.05) is 54.5 Å². The number of amides is 1. The first kappa shape index (κ1) is 16.9. The normalized spacial score (nSPS) is 21.8. The number of hydrogen-bond acceptors (Lipinski definition) is 3. The molecule has 3 rings (SSSR count). The van der Waals surface area contributed by atoms with Gasteiger partial charge in [-0.1, -0.05) is 35.9 Å². The van der Waals surface area contributed by atoms with Crippen LogP contribution < -0.4 is 0 Å². The molecule has 0 bridgehead atoms. The lowest BCUT2D eigenvalue weighted by atomic mass is 10.1. The molecule has 0 spiro atoms. The maximum Gasteiger partial charge on any atom is 0.255 e. The molecule has 1 aromatic heterocycles. The van der Waals surface area contributed by atoms with Gasteiger partial charge in [0.2, 0.25) is 0 Å². The van der Waals surface area contributed by atoms with E-state index in [4.69, 9.17) is 4.74 Å². The number of morpholine rings is 1. The smallest absolute Gasteiger partial charge is 0.255 e. The average molecular weight is 341 g/mol. The molecule has 24 heavy (non-hydrogen) atoms. The molecule has 1 aliphatic heterocycles. The van der Waals surface area contributed by atoms with Crippen molar-refractivity contribution in [2.75, 3.05) is 13.1 Å². The van der Waals surface area contributed by atoms with Gasteiger partial charge in [-0.25, -0.2) is 0 Å². The predicted molar refractivity (Wildman–Crippen MR) is 100.0 cm³/mol. The van der Waals surface area contributed by atoms with E-state index in [1.54, 1.807) is 11.3 Å². The summed E-state index contributed by atoms with van der Waals surface area (Å²) < 4.78 is 5.76. The highest BCUT2D eigenvalue weighted by molar-refractivity contribution is 7.11. The van der Waals surface area contributed by atoms with Crippen molar-refractivity contribution in [2.45, 2.75) is 33.0 Å². The Morgan fingerprint density at radius 2 is 1.96 bits per heavy atom. The summed E-state index contributed by atoms with van der Waals surface area (Å²) in [4.78, 5) is 16.1. The standard InChI is InChI=1S/C20H23NO2S/c1-14-6-4-7-17(10-14)11-18(19-8-5-9-24-19)20(22)21-12-15(2)23-16(3)13-21/h4-11,15-16H,12-13H2,1-3H3/b18-11-/t15-,16-/m0/s1. The number of carbonyl (C=O) groups excluding carboxylic acids is 1. The molecule has 1 amide bonds. The minimum atomic E-state index is 0.0706. The number of nitrogens with zero attached hydrogens (tertiary/aromatic N) is 1. The van der Waals surface area contributed by atoms with Gasteiger partial charge in [0.05, 0.1) is 17.8 Å². The fourth-order valence-electron chi connectivity index (χ4n) is 3.11. The summed E-state index contributed by atoms with van der Waals surface area (Å²) in [5.41, 5.74) is 3.01. The van der Waals surface area contributed by atoms with E-state index >= 15 is 0 Å². The van der Waals surface area contributed by atoms with E-state index in [0.29, 0.717) is 13.1 Å². The Balaban J connectivity index is 1.95. The Hall–Kier alpha value is -1.91. The molecule has 0 aliphatic carbocycles. The zero-order chi connectivity index (χ0) is 17.1. The summed E-state index contributed by atoms with van der Waals surface area (Å²) in [5.74, 6) is 0.0842. The number of rotatable bonds is 3. The highest BCUT2D eigenvalue weighted by atomic mass is 32.1. The maximum absolute atomic E-state index is 13.2. The van der Waals surface area contributed by atoms with Gasteiger partial charge < -0.3 is 9.64 Å². The topological polar surface area (TPSA) is 29.5 Å². The molecule has 2 heterocycles. The molecule has 0 N–H and O–H groups in total. The minimum Gasteiger partial charge on any atom is -0.372 e. The number of carbonyl (C=O) groups is 1. The third kappa shape index (κ3) is 3.94. The van der Waals surface area contributed by atoms with Crippen LogP contribution in [0.1, 0.15) is 29.9 Å². The minimum absolute atomic E-state index is 0.0706. The maximum atomic E-state index is 13.2. The fourth-order valence-corrected chi connectivity index (χ4v) is 3.84. The molecular formula is C20H23NO2S. The molecular weight excluding hydrogens is 318 g/mol. The van der Waals surface area contributed by atoms with Gasteiger partial charge in [-0.05, 0) is 43.9 Å². The molecule has 4 heteroatoms. The summed E-state index contributed by atoms with van der Waals surface area (Å²) in [7, 11) is 0. The molecule has 1 aliphatic rings. The first-order valence-electron chi connectivity index (χ1n) is 8.30. The van der Waals surface area contributed by atoms with Gasteiger partial charge in [0.25, 0.3) is 5.91 Å². The summed E-state index contributed by atoms with van der Waals surface area (Å²) in [6.07, 6.45) is 2.15. The van der Waals surface area contributed by atoms with Crippen LogP contribution in [-0.4, -0.2) is 36.1 Å². The van der Waals surface area contributed by atoms with Crippen molar-refractivity contribution in [3.05, 3.63) is 57.8 Å². The van der Waals surface area contributed by atoms with Crippen LogP contribution in [0, 0.1) is 6.92 Å². The molecule has 0 radical (unpaired) electrons. The van der Waals surface area contributed by atoms with E-state index in [-0.39, 0.29) is 18.1 Å². The van der Waals surface area contributed by atoms with Crippen LogP contribution in [0.25, 0.3) is 11.6 Å². The number of hydrogen-bond donors (Lipinski definition) is 0. The monoisotopic (exact) mass is 341 g/mol. The van der Waals surface area contributed by atoms with E-state index in [2.05, 4.69) is 19.1 Å². The summed E-state index contributed by atoms with van der Waals surface area (Å²) in [6, 6.07) is 12.2. The highest BCUT2D eigenvalue weighted by Gasteiger charge is 2.28. The van der Waals surface area contributed by atoms with Gasteiger partial charge in [0.15, 0.2) is 0 Å². The lowest BCUT2D eigenvalue weighted by molar-refractivity contribution is -0.136. The molecule has 1 saturated heterocycles. The lowest BCUT2D eigenvalue weighted by Gasteiger charge is -2.35.